The van der Waals surface area contributed by atoms with Gasteiger partial charge in [-0.3, -0.25) is 18.2 Å². The first-order valence-electron chi connectivity index (χ1n) is 1.60. The van der Waals surface area contributed by atoms with E-state index in [4.69, 9.17) is 38.4 Å². The van der Waals surface area contributed by atoms with Gasteiger partial charge in [-0.15, -0.1) is 0 Å². The van der Waals surface area contributed by atoms with E-state index in [9.17, 15) is 0 Å². The maximum absolute atomic E-state index is 8.74. The van der Waals surface area contributed by atoms with Crippen molar-refractivity contribution in [2.45, 2.75) is 0 Å². The Morgan fingerprint density at radius 3 is 0.667 bits per heavy atom. The van der Waals surface area contributed by atoms with Gasteiger partial charge < -0.3 is 0 Å². The van der Waals surface area contributed by atoms with Gasteiger partial charge >= 0.3 is 44.5 Å². The molecule has 0 atom stereocenters. The molecule has 0 radical (unpaired) electrons. The molecule has 0 unspecified atom stereocenters. The zero-order valence-electron chi connectivity index (χ0n) is 5.15. The van der Waals surface area contributed by atoms with Crippen LogP contribution in [-0.2, 0) is 44.5 Å². The third-order valence-corrected chi connectivity index (χ3v) is 0. The predicted molar refractivity (Wildman–Crippen MR) is 29.0 cm³/mol. The van der Waals surface area contributed by atoms with E-state index in [1.807, 2.05) is 0 Å². The second-order valence-corrected chi connectivity index (χ2v) is 2.69. The summed E-state index contributed by atoms with van der Waals surface area (Å²) in [6.45, 7) is 0. The molecule has 0 aromatic carbocycles. The van der Waals surface area contributed by atoms with E-state index in [2.05, 4.69) is 0 Å². The summed E-state index contributed by atoms with van der Waals surface area (Å²) >= 11 is 0.750. The summed E-state index contributed by atoms with van der Waals surface area (Å²) in [5, 5.41) is 0. The molecule has 0 aliphatic heterocycles. The van der Waals surface area contributed by atoms with E-state index in [1.54, 1.807) is 0 Å². The number of hydrogen-bond acceptors (Lipinski definition) is 5. The molecular weight excluding hydrogens is 256 g/mol. The monoisotopic (exact) mass is 260 g/mol. The summed E-state index contributed by atoms with van der Waals surface area (Å²) in [5.74, 6) is 0. The van der Waals surface area contributed by atoms with E-state index in [0.717, 1.165) is 20.4 Å². The topological polar surface area (TPSA) is 166 Å². The van der Waals surface area contributed by atoms with Crippen LogP contribution >= 0.6 is 0 Å². The Kier molecular flexibility index (Phi) is 11.9. The quantitative estimate of drug-likeness (QED) is 0.301. The molecule has 74 valence electrons. The first-order chi connectivity index (χ1) is 5.00. The first kappa shape index (κ1) is 18.1. The Morgan fingerprint density at radius 2 is 0.667 bits per heavy atom. The predicted octanol–water partition coefficient (Wildman–Crippen LogP) is -1.43. The van der Waals surface area contributed by atoms with Gasteiger partial charge in [-0.25, -0.2) is 0 Å². The van der Waals surface area contributed by atoms with Crippen LogP contribution in [0.3, 0.4) is 0 Å². The van der Waals surface area contributed by atoms with Gasteiger partial charge in [0.1, 0.15) is 0 Å². The van der Waals surface area contributed by atoms with Gasteiger partial charge in [-0.1, -0.05) is 0 Å². The minimum absolute atomic E-state index is 0.750. The Labute approximate surface area is 79.7 Å². The molecule has 4 N–H and O–H groups in total. The molecular formula is H4O9S2Ti. The second-order valence-electron chi connectivity index (χ2n) is 0.896. The Morgan fingerprint density at radius 1 is 0.667 bits per heavy atom. The van der Waals surface area contributed by atoms with Crippen LogP contribution in [-0.4, -0.2) is 35.0 Å². The summed E-state index contributed by atoms with van der Waals surface area (Å²) in [6.07, 6.45) is 0. The molecule has 0 aromatic heterocycles. The van der Waals surface area contributed by atoms with Crippen molar-refractivity contribution >= 4 is 20.8 Å². The van der Waals surface area contributed by atoms with Crippen molar-refractivity contribution in [2.24, 2.45) is 0 Å². The van der Waals surface area contributed by atoms with Crippen LogP contribution in [0.25, 0.3) is 0 Å². The molecule has 12 heteroatoms. The number of hydrogen-bond donors (Lipinski definition) is 4. The van der Waals surface area contributed by atoms with Gasteiger partial charge in [-0.05, 0) is 0 Å². The van der Waals surface area contributed by atoms with Crippen LogP contribution in [0.2, 0.25) is 0 Å². The van der Waals surface area contributed by atoms with E-state index in [0.29, 0.717) is 0 Å². The Bertz CT molecular complexity index is 222. The van der Waals surface area contributed by atoms with Gasteiger partial charge in [0.25, 0.3) is 0 Å². The van der Waals surface area contributed by atoms with Crippen LogP contribution in [0.15, 0.2) is 0 Å². The third kappa shape index (κ3) is 13600. The van der Waals surface area contributed by atoms with Crippen molar-refractivity contribution in [1.29, 1.82) is 0 Å². The molecule has 0 bridgehead atoms. The average Bonchev–Trinajstić information content (AvgIpc) is 1.59. The molecule has 0 aromatic rings. The van der Waals surface area contributed by atoms with Crippen molar-refractivity contribution < 1.29 is 58.8 Å². The van der Waals surface area contributed by atoms with Gasteiger partial charge in [0.15, 0.2) is 0 Å². The van der Waals surface area contributed by atoms with Gasteiger partial charge in [0.2, 0.25) is 0 Å². The minimum atomic E-state index is -4.67. The molecule has 0 spiro atoms. The first-order valence-corrected chi connectivity index (χ1v) is 5.03. The molecule has 0 heterocycles. The maximum atomic E-state index is 8.74. The SMILES string of the molecule is O=S(=O)(O)O.O=S(=O)(O)O.[O]=[Ti]. The summed E-state index contributed by atoms with van der Waals surface area (Å²) in [5.41, 5.74) is 0. The average molecular weight is 260 g/mol. The number of rotatable bonds is 0. The van der Waals surface area contributed by atoms with Crippen molar-refractivity contribution in [3.63, 3.8) is 0 Å². The second kappa shape index (κ2) is 7.88. The van der Waals surface area contributed by atoms with E-state index < -0.39 is 20.8 Å². The molecule has 0 aliphatic carbocycles. The summed E-state index contributed by atoms with van der Waals surface area (Å²) in [6, 6.07) is 0. The van der Waals surface area contributed by atoms with Gasteiger partial charge in [0, 0.05) is 0 Å². The van der Waals surface area contributed by atoms with Crippen LogP contribution in [0, 0.1) is 0 Å². The molecule has 0 saturated carbocycles. The van der Waals surface area contributed by atoms with Gasteiger partial charge in [-0.2, -0.15) is 16.8 Å². The van der Waals surface area contributed by atoms with Crippen LogP contribution in [0.1, 0.15) is 0 Å². The molecule has 0 aliphatic rings. The molecule has 0 rings (SSSR count). The van der Waals surface area contributed by atoms with Gasteiger partial charge in [0.05, 0.1) is 0 Å². The third-order valence-electron chi connectivity index (χ3n) is 0. The fraction of sp³-hybridized carbons (Fsp3) is 0. The van der Waals surface area contributed by atoms with E-state index in [-0.39, 0.29) is 0 Å². The molecule has 0 saturated heterocycles. The summed E-state index contributed by atoms with van der Waals surface area (Å²) in [7, 11) is -9.33. The van der Waals surface area contributed by atoms with E-state index in [1.165, 1.54) is 0 Å². The Balaban J connectivity index is -0.000000112. The van der Waals surface area contributed by atoms with Crippen molar-refractivity contribution in [3.8, 4) is 0 Å². The fourth-order valence-corrected chi connectivity index (χ4v) is 0. The van der Waals surface area contributed by atoms with Crippen LogP contribution < -0.4 is 0 Å². The zero-order chi connectivity index (χ0) is 11.0. The fourth-order valence-electron chi connectivity index (χ4n) is 0. The molecule has 0 amide bonds. The van der Waals surface area contributed by atoms with Crippen LogP contribution in [0.4, 0.5) is 0 Å². The van der Waals surface area contributed by atoms with Crippen molar-refractivity contribution in [2.75, 3.05) is 0 Å². The van der Waals surface area contributed by atoms with Crippen molar-refractivity contribution in [1.82, 2.24) is 0 Å². The van der Waals surface area contributed by atoms with Crippen LogP contribution in [0.5, 0.6) is 0 Å². The van der Waals surface area contributed by atoms with E-state index >= 15 is 0 Å². The summed E-state index contributed by atoms with van der Waals surface area (Å²) in [4.78, 5) is 0. The molecule has 12 heavy (non-hydrogen) atoms. The zero-order valence-corrected chi connectivity index (χ0v) is 8.34. The Hall–Kier alpha value is 0.254. The normalized spacial score (nSPS) is 9.92. The molecule has 9 nitrogen and oxygen atoms in total. The standard InChI is InChI=1S/2H2O4S.O.Ti/c2*1-5(2,3)4;;/h2*(H2,1,2,3,4);;. The summed E-state index contributed by atoms with van der Waals surface area (Å²) < 4.78 is 71.4. The van der Waals surface area contributed by atoms with Crippen molar-refractivity contribution in [3.05, 3.63) is 0 Å². The molecule has 0 fully saturated rings.